The molecule has 0 aliphatic carbocycles. The molecule has 21 heavy (non-hydrogen) atoms. The van der Waals surface area contributed by atoms with Crippen LogP contribution in [0.3, 0.4) is 0 Å². The van der Waals surface area contributed by atoms with E-state index in [4.69, 9.17) is 5.11 Å². The molecule has 0 aliphatic heterocycles. The maximum Gasteiger partial charge on any atom is 0.305 e. The average Bonchev–Trinajstić information content (AvgIpc) is 2.84. The number of hydrogen-bond donors (Lipinski definition) is 1. The van der Waals surface area contributed by atoms with Gasteiger partial charge in [0, 0.05) is 17.0 Å². The van der Waals surface area contributed by atoms with E-state index in [0.717, 1.165) is 17.0 Å². The minimum atomic E-state index is -0.867. The van der Waals surface area contributed by atoms with Gasteiger partial charge in [0.05, 0.1) is 12.5 Å². The molecule has 0 aliphatic rings. The molecule has 2 aromatic heterocycles. The summed E-state index contributed by atoms with van der Waals surface area (Å²) in [6.45, 7) is 7.72. The number of rotatable bonds is 5. The average molecular weight is 289 g/mol. The van der Waals surface area contributed by atoms with E-state index in [1.807, 2.05) is 39.8 Å². The van der Waals surface area contributed by atoms with Crippen LogP contribution in [-0.4, -0.2) is 36.3 Å². The normalized spacial score (nSPS) is 12.6. The van der Waals surface area contributed by atoms with E-state index in [2.05, 4.69) is 20.5 Å². The van der Waals surface area contributed by atoms with Crippen molar-refractivity contribution in [3.8, 4) is 11.4 Å². The number of carbonyl (C=O) groups is 1. The van der Waals surface area contributed by atoms with Crippen LogP contribution in [0.5, 0.6) is 0 Å². The van der Waals surface area contributed by atoms with Crippen LogP contribution in [-0.2, 0) is 4.79 Å². The first-order valence-electron chi connectivity index (χ1n) is 6.84. The van der Waals surface area contributed by atoms with Crippen LogP contribution in [0.25, 0.3) is 11.4 Å². The minimum absolute atomic E-state index is 0.0198. The van der Waals surface area contributed by atoms with Crippen LogP contribution in [0.15, 0.2) is 12.1 Å². The quantitative estimate of drug-likeness (QED) is 0.905. The van der Waals surface area contributed by atoms with E-state index in [9.17, 15) is 4.79 Å². The van der Waals surface area contributed by atoms with Crippen LogP contribution in [0.4, 0.5) is 0 Å². The fraction of sp³-hybridized carbons (Fsp3) is 0.500. The Bertz CT molecular complexity index is 651. The highest BCUT2D eigenvalue weighted by molar-refractivity contribution is 5.67. The smallest absolute Gasteiger partial charge is 0.305 e. The third-order valence-corrected chi connectivity index (χ3v) is 3.43. The Morgan fingerprint density at radius 1 is 1.33 bits per heavy atom. The molecule has 1 N–H and O–H groups in total. The second kappa shape index (κ2) is 5.99. The summed E-state index contributed by atoms with van der Waals surface area (Å²) in [5.41, 5.74) is 2.56. The Morgan fingerprint density at radius 3 is 2.62 bits per heavy atom. The number of aliphatic carboxylic acids is 1. The van der Waals surface area contributed by atoms with Crippen molar-refractivity contribution in [2.75, 3.05) is 0 Å². The molecule has 0 aromatic carbocycles. The molecule has 0 saturated heterocycles. The number of aryl methyl sites for hydroxylation is 2. The lowest BCUT2D eigenvalue weighted by molar-refractivity contribution is -0.138. The van der Waals surface area contributed by atoms with Crippen molar-refractivity contribution in [2.24, 2.45) is 5.92 Å². The Morgan fingerprint density at radius 2 is 2.05 bits per heavy atom. The monoisotopic (exact) mass is 289 g/mol. The van der Waals surface area contributed by atoms with Crippen molar-refractivity contribution in [3.05, 3.63) is 23.5 Å². The molecule has 0 amide bonds. The zero-order chi connectivity index (χ0) is 15.6. The van der Waals surface area contributed by atoms with Gasteiger partial charge in [-0.25, -0.2) is 4.68 Å². The van der Waals surface area contributed by atoms with E-state index < -0.39 is 5.97 Å². The van der Waals surface area contributed by atoms with Gasteiger partial charge in [0.1, 0.15) is 0 Å². The predicted molar refractivity (Wildman–Crippen MR) is 76.6 cm³/mol. The van der Waals surface area contributed by atoms with Crippen molar-refractivity contribution in [3.63, 3.8) is 0 Å². The maximum absolute atomic E-state index is 11.1. The van der Waals surface area contributed by atoms with Crippen molar-refractivity contribution in [2.45, 2.75) is 40.2 Å². The topological polar surface area (TPSA) is 93.8 Å². The number of nitrogens with zero attached hydrogens (tertiary/aromatic N) is 5. The molecule has 0 bridgehead atoms. The van der Waals surface area contributed by atoms with E-state index in [1.54, 1.807) is 4.68 Å². The second-order valence-electron chi connectivity index (χ2n) is 5.44. The highest BCUT2D eigenvalue weighted by atomic mass is 16.4. The van der Waals surface area contributed by atoms with E-state index in [-0.39, 0.29) is 18.4 Å². The van der Waals surface area contributed by atoms with Crippen molar-refractivity contribution >= 4 is 5.97 Å². The molecule has 0 spiro atoms. The van der Waals surface area contributed by atoms with Gasteiger partial charge in [0.2, 0.25) is 0 Å². The van der Waals surface area contributed by atoms with Crippen LogP contribution in [0, 0.1) is 19.8 Å². The first-order chi connectivity index (χ1) is 9.90. The van der Waals surface area contributed by atoms with Crippen molar-refractivity contribution < 1.29 is 9.90 Å². The van der Waals surface area contributed by atoms with Gasteiger partial charge in [-0.15, -0.1) is 5.10 Å². The first kappa shape index (κ1) is 15.1. The summed E-state index contributed by atoms with van der Waals surface area (Å²) >= 11 is 0. The van der Waals surface area contributed by atoms with Gasteiger partial charge in [0.25, 0.3) is 0 Å². The lowest BCUT2D eigenvalue weighted by Gasteiger charge is -2.20. The standard InChI is InChI=1S/C14H19N5O2/c1-8(2)12(7-13(20)21)19-14(16-17-18-19)11-6-5-9(3)15-10(11)4/h5-6,8,12H,7H2,1-4H3,(H,20,21). The second-order valence-corrected chi connectivity index (χ2v) is 5.44. The number of carboxylic acid groups (broad SMARTS) is 1. The Kier molecular flexibility index (Phi) is 4.30. The van der Waals surface area contributed by atoms with Gasteiger partial charge < -0.3 is 5.11 Å². The Labute approximate surface area is 123 Å². The summed E-state index contributed by atoms with van der Waals surface area (Å²) in [5, 5.41) is 20.9. The Balaban J connectivity index is 2.48. The summed E-state index contributed by atoms with van der Waals surface area (Å²) in [7, 11) is 0. The van der Waals surface area contributed by atoms with E-state index >= 15 is 0 Å². The predicted octanol–water partition coefficient (Wildman–Crippen LogP) is 2.02. The van der Waals surface area contributed by atoms with Crippen LogP contribution >= 0.6 is 0 Å². The summed E-state index contributed by atoms with van der Waals surface area (Å²) in [6.07, 6.45) is -0.0198. The molecular formula is C14H19N5O2. The summed E-state index contributed by atoms with van der Waals surface area (Å²) in [4.78, 5) is 15.5. The third-order valence-electron chi connectivity index (χ3n) is 3.43. The van der Waals surface area contributed by atoms with Gasteiger partial charge in [0.15, 0.2) is 5.82 Å². The molecule has 2 rings (SSSR count). The zero-order valence-corrected chi connectivity index (χ0v) is 12.6. The minimum Gasteiger partial charge on any atom is -0.481 e. The van der Waals surface area contributed by atoms with Crippen LogP contribution < -0.4 is 0 Å². The molecule has 0 fully saturated rings. The van der Waals surface area contributed by atoms with Crippen LogP contribution in [0.1, 0.15) is 37.7 Å². The molecule has 0 saturated carbocycles. The van der Waals surface area contributed by atoms with Gasteiger partial charge in [-0.05, 0) is 42.3 Å². The highest BCUT2D eigenvalue weighted by Crippen LogP contribution is 2.27. The molecule has 7 nitrogen and oxygen atoms in total. The number of tetrazole rings is 1. The van der Waals surface area contributed by atoms with Gasteiger partial charge in [-0.3, -0.25) is 9.78 Å². The summed E-state index contributed by atoms with van der Waals surface area (Å²) in [6, 6.07) is 3.51. The molecule has 7 heteroatoms. The number of hydrogen-bond acceptors (Lipinski definition) is 5. The highest BCUT2D eigenvalue weighted by Gasteiger charge is 2.25. The van der Waals surface area contributed by atoms with E-state index in [1.165, 1.54) is 0 Å². The molecule has 1 atom stereocenters. The number of carboxylic acids is 1. The number of pyridine rings is 1. The van der Waals surface area contributed by atoms with Gasteiger partial charge in [-0.1, -0.05) is 13.8 Å². The maximum atomic E-state index is 11.1. The Hall–Kier alpha value is -2.31. The molecule has 2 heterocycles. The molecule has 112 valence electrons. The molecule has 0 radical (unpaired) electrons. The molecule has 1 unspecified atom stereocenters. The fourth-order valence-electron chi connectivity index (χ4n) is 2.30. The van der Waals surface area contributed by atoms with Gasteiger partial charge >= 0.3 is 5.97 Å². The number of aromatic nitrogens is 5. The van der Waals surface area contributed by atoms with Gasteiger partial charge in [-0.2, -0.15) is 0 Å². The summed E-state index contributed by atoms with van der Waals surface area (Å²) < 4.78 is 1.60. The van der Waals surface area contributed by atoms with Crippen LogP contribution in [0.2, 0.25) is 0 Å². The first-order valence-corrected chi connectivity index (χ1v) is 6.84. The van der Waals surface area contributed by atoms with E-state index in [0.29, 0.717) is 5.82 Å². The lowest BCUT2D eigenvalue weighted by Crippen LogP contribution is -2.21. The van der Waals surface area contributed by atoms with Crippen molar-refractivity contribution in [1.29, 1.82) is 0 Å². The lowest BCUT2D eigenvalue weighted by atomic mass is 10.0. The SMILES string of the molecule is Cc1ccc(-c2nnnn2C(CC(=O)O)C(C)C)c(C)n1. The molecular weight excluding hydrogens is 270 g/mol. The molecule has 2 aromatic rings. The largest absolute Gasteiger partial charge is 0.481 e. The summed E-state index contributed by atoms with van der Waals surface area (Å²) in [5.74, 6) is -0.212. The third kappa shape index (κ3) is 3.24. The zero-order valence-electron chi connectivity index (χ0n) is 12.6. The fourth-order valence-corrected chi connectivity index (χ4v) is 2.30. The van der Waals surface area contributed by atoms with Crippen molar-refractivity contribution in [1.82, 2.24) is 25.2 Å².